The van der Waals surface area contributed by atoms with Crippen molar-refractivity contribution in [1.82, 2.24) is 4.90 Å². The van der Waals surface area contributed by atoms with Crippen molar-refractivity contribution in [1.29, 1.82) is 0 Å². The van der Waals surface area contributed by atoms with E-state index in [-0.39, 0.29) is 5.91 Å². The summed E-state index contributed by atoms with van der Waals surface area (Å²) in [6, 6.07) is 7.90. The molecule has 21 heavy (non-hydrogen) atoms. The fourth-order valence-electron chi connectivity index (χ4n) is 2.97. The molecule has 0 saturated carbocycles. The Morgan fingerprint density at radius 3 is 2.76 bits per heavy atom. The second-order valence-corrected chi connectivity index (χ2v) is 6.17. The van der Waals surface area contributed by atoms with Crippen molar-refractivity contribution in [2.75, 3.05) is 24.1 Å². The number of carbonyl (C=O) groups is 1. The molecule has 1 saturated heterocycles. The van der Waals surface area contributed by atoms with Crippen LogP contribution in [-0.4, -0.2) is 29.9 Å². The molecule has 0 aromatic heterocycles. The van der Waals surface area contributed by atoms with E-state index in [4.69, 9.17) is 5.73 Å². The van der Waals surface area contributed by atoms with Crippen LogP contribution in [0.4, 0.5) is 11.4 Å². The number of nitrogen functional groups attached to an aromatic ring is 1. The average molecular weight is 289 g/mol. The molecule has 1 aliphatic rings. The zero-order chi connectivity index (χ0) is 15.2. The quantitative estimate of drug-likeness (QED) is 0.819. The molecule has 1 fully saturated rings. The van der Waals surface area contributed by atoms with Gasteiger partial charge in [0.05, 0.1) is 0 Å². The van der Waals surface area contributed by atoms with Crippen LogP contribution in [-0.2, 0) is 4.79 Å². The van der Waals surface area contributed by atoms with Crippen molar-refractivity contribution >= 4 is 17.3 Å². The molecule has 4 nitrogen and oxygen atoms in total. The molecular weight excluding hydrogens is 262 g/mol. The predicted molar refractivity (Wildman–Crippen MR) is 88.2 cm³/mol. The maximum Gasteiger partial charge on any atom is 0.224 e. The number of carbonyl (C=O) groups excluding carboxylic acids is 1. The Kier molecular flexibility index (Phi) is 5.62. The molecule has 116 valence electrons. The lowest BCUT2D eigenvalue weighted by Gasteiger charge is -2.37. The highest BCUT2D eigenvalue weighted by molar-refractivity contribution is 5.90. The normalized spacial score (nSPS) is 23.0. The van der Waals surface area contributed by atoms with Crippen molar-refractivity contribution in [3.8, 4) is 0 Å². The number of nitrogens with zero attached hydrogens (tertiary/aromatic N) is 1. The SMILES string of the molecule is CC1CCCN(CCCC(=O)Nc2ccc(N)cc2)C1C. The average Bonchev–Trinajstić information content (AvgIpc) is 2.46. The smallest absolute Gasteiger partial charge is 0.224 e. The number of anilines is 2. The van der Waals surface area contributed by atoms with Gasteiger partial charge in [-0.3, -0.25) is 4.79 Å². The van der Waals surface area contributed by atoms with E-state index in [0.29, 0.717) is 18.2 Å². The maximum absolute atomic E-state index is 11.9. The number of nitrogens with one attached hydrogen (secondary N) is 1. The van der Waals surface area contributed by atoms with Gasteiger partial charge < -0.3 is 16.0 Å². The molecule has 1 heterocycles. The van der Waals surface area contributed by atoms with Crippen LogP contribution in [0.25, 0.3) is 0 Å². The Labute approximate surface area is 127 Å². The van der Waals surface area contributed by atoms with Crippen LogP contribution in [0.1, 0.15) is 39.5 Å². The van der Waals surface area contributed by atoms with Gasteiger partial charge >= 0.3 is 0 Å². The van der Waals surface area contributed by atoms with Crippen LogP contribution >= 0.6 is 0 Å². The fourth-order valence-corrected chi connectivity index (χ4v) is 2.97. The van der Waals surface area contributed by atoms with Crippen molar-refractivity contribution in [2.45, 2.75) is 45.6 Å². The number of amides is 1. The standard InChI is InChI=1S/C17H27N3O/c1-13-5-3-11-20(14(13)2)12-4-6-17(21)19-16-9-7-15(18)8-10-16/h7-10,13-14H,3-6,11-12,18H2,1-2H3,(H,19,21). The minimum Gasteiger partial charge on any atom is -0.399 e. The van der Waals surface area contributed by atoms with E-state index in [2.05, 4.69) is 24.1 Å². The van der Waals surface area contributed by atoms with E-state index >= 15 is 0 Å². The van der Waals surface area contributed by atoms with Gasteiger partial charge in [0.25, 0.3) is 0 Å². The highest BCUT2D eigenvalue weighted by Crippen LogP contribution is 2.23. The highest BCUT2D eigenvalue weighted by atomic mass is 16.1. The summed E-state index contributed by atoms with van der Waals surface area (Å²) >= 11 is 0. The first-order valence-corrected chi connectivity index (χ1v) is 7.95. The summed E-state index contributed by atoms with van der Waals surface area (Å²) in [6.07, 6.45) is 4.10. The molecule has 0 bridgehead atoms. The van der Waals surface area contributed by atoms with Crippen LogP contribution in [0.5, 0.6) is 0 Å². The van der Waals surface area contributed by atoms with Gasteiger partial charge in [-0.15, -0.1) is 0 Å². The summed E-state index contributed by atoms with van der Waals surface area (Å²) in [5.74, 6) is 0.847. The number of nitrogens with two attached hydrogens (primary N) is 1. The Bertz CT molecular complexity index is 458. The Morgan fingerprint density at radius 1 is 1.33 bits per heavy atom. The van der Waals surface area contributed by atoms with E-state index in [1.54, 1.807) is 12.1 Å². The van der Waals surface area contributed by atoms with Gasteiger partial charge in [0.15, 0.2) is 0 Å². The van der Waals surface area contributed by atoms with Gasteiger partial charge in [-0.2, -0.15) is 0 Å². The summed E-state index contributed by atoms with van der Waals surface area (Å²) in [6.45, 7) is 6.81. The number of hydrogen-bond acceptors (Lipinski definition) is 3. The zero-order valence-corrected chi connectivity index (χ0v) is 13.1. The molecule has 0 radical (unpaired) electrons. The number of benzene rings is 1. The first-order chi connectivity index (χ1) is 10.1. The number of piperidine rings is 1. The van der Waals surface area contributed by atoms with E-state index < -0.39 is 0 Å². The van der Waals surface area contributed by atoms with Crippen molar-refractivity contribution in [3.05, 3.63) is 24.3 Å². The van der Waals surface area contributed by atoms with Crippen LogP contribution in [0.2, 0.25) is 0 Å². The first-order valence-electron chi connectivity index (χ1n) is 7.95. The summed E-state index contributed by atoms with van der Waals surface area (Å²) < 4.78 is 0. The maximum atomic E-state index is 11.9. The second-order valence-electron chi connectivity index (χ2n) is 6.17. The lowest BCUT2D eigenvalue weighted by molar-refractivity contribution is -0.116. The fraction of sp³-hybridized carbons (Fsp3) is 0.588. The van der Waals surface area contributed by atoms with Gasteiger partial charge in [0.1, 0.15) is 0 Å². The Balaban J connectivity index is 1.70. The van der Waals surface area contributed by atoms with Gasteiger partial charge in [-0.05, 0) is 69.5 Å². The molecule has 3 N–H and O–H groups in total. The lowest BCUT2D eigenvalue weighted by Crippen LogP contribution is -2.42. The topological polar surface area (TPSA) is 58.4 Å². The molecule has 1 amide bonds. The summed E-state index contributed by atoms with van der Waals surface area (Å²) in [5, 5.41) is 2.91. The van der Waals surface area contributed by atoms with Crippen molar-refractivity contribution < 1.29 is 4.79 Å². The van der Waals surface area contributed by atoms with Crippen LogP contribution in [0.15, 0.2) is 24.3 Å². The Morgan fingerprint density at radius 2 is 2.05 bits per heavy atom. The minimum absolute atomic E-state index is 0.0810. The Hall–Kier alpha value is -1.55. The van der Waals surface area contributed by atoms with Crippen LogP contribution in [0.3, 0.4) is 0 Å². The molecule has 0 spiro atoms. The predicted octanol–water partition coefficient (Wildman–Crippen LogP) is 3.11. The third-order valence-corrected chi connectivity index (χ3v) is 4.55. The summed E-state index contributed by atoms with van der Waals surface area (Å²) in [7, 11) is 0. The van der Waals surface area contributed by atoms with E-state index in [0.717, 1.165) is 24.6 Å². The summed E-state index contributed by atoms with van der Waals surface area (Å²) in [4.78, 5) is 14.4. The van der Waals surface area contributed by atoms with Crippen LogP contribution in [0, 0.1) is 5.92 Å². The summed E-state index contributed by atoms with van der Waals surface area (Å²) in [5.41, 5.74) is 7.15. The van der Waals surface area contributed by atoms with Gasteiger partial charge in [-0.25, -0.2) is 0 Å². The van der Waals surface area contributed by atoms with Crippen molar-refractivity contribution in [2.24, 2.45) is 5.92 Å². The van der Waals surface area contributed by atoms with E-state index in [1.165, 1.54) is 19.4 Å². The molecule has 2 unspecified atom stereocenters. The monoisotopic (exact) mass is 289 g/mol. The highest BCUT2D eigenvalue weighted by Gasteiger charge is 2.23. The van der Waals surface area contributed by atoms with Crippen molar-refractivity contribution in [3.63, 3.8) is 0 Å². The lowest BCUT2D eigenvalue weighted by atomic mass is 9.92. The van der Waals surface area contributed by atoms with Gasteiger partial charge in [0.2, 0.25) is 5.91 Å². The molecule has 2 rings (SSSR count). The first kappa shape index (κ1) is 15.8. The molecular formula is C17H27N3O. The van der Waals surface area contributed by atoms with E-state index in [1.807, 2.05) is 12.1 Å². The van der Waals surface area contributed by atoms with Gasteiger partial charge in [-0.1, -0.05) is 6.92 Å². The molecule has 1 aromatic carbocycles. The molecule has 0 aliphatic carbocycles. The van der Waals surface area contributed by atoms with Gasteiger partial charge in [0, 0.05) is 23.8 Å². The second kappa shape index (κ2) is 7.46. The zero-order valence-electron chi connectivity index (χ0n) is 13.1. The largest absolute Gasteiger partial charge is 0.399 e. The number of hydrogen-bond donors (Lipinski definition) is 2. The molecule has 1 aliphatic heterocycles. The molecule has 1 aromatic rings. The number of rotatable bonds is 5. The third kappa shape index (κ3) is 4.74. The van der Waals surface area contributed by atoms with E-state index in [9.17, 15) is 4.79 Å². The molecule has 2 atom stereocenters. The minimum atomic E-state index is 0.0810. The van der Waals surface area contributed by atoms with Crippen LogP contribution < -0.4 is 11.1 Å². The number of likely N-dealkylation sites (tertiary alicyclic amines) is 1. The third-order valence-electron chi connectivity index (χ3n) is 4.55. The molecule has 4 heteroatoms.